The summed E-state index contributed by atoms with van der Waals surface area (Å²) in [4.78, 5) is 0. The first-order chi connectivity index (χ1) is 7.51. The van der Waals surface area contributed by atoms with Gasteiger partial charge in [-0.1, -0.05) is 19.0 Å². The Balaban J connectivity index is 3.49. The molecular formula is C12H14N2O2. The summed E-state index contributed by atoms with van der Waals surface area (Å²) in [5.74, 6) is 0.0974. The van der Waals surface area contributed by atoms with Gasteiger partial charge in [-0.25, -0.2) is 0 Å². The fraction of sp³-hybridized carbons (Fsp3) is 0.333. The van der Waals surface area contributed by atoms with Gasteiger partial charge in [0.15, 0.2) is 0 Å². The minimum Gasteiger partial charge on any atom is -0.506 e. The third-order valence-corrected chi connectivity index (χ3v) is 2.46. The fourth-order valence-corrected chi connectivity index (χ4v) is 1.41. The molecule has 2 N–H and O–H groups in total. The number of phenolic OH excluding ortho intramolecular Hbond substituents is 1. The predicted molar refractivity (Wildman–Crippen MR) is 60.9 cm³/mol. The second-order valence-corrected chi connectivity index (χ2v) is 3.92. The van der Waals surface area contributed by atoms with E-state index in [1.54, 1.807) is 19.1 Å². The first kappa shape index (κ1) is 12.1. The Morgan fingerprint density at radius 2 is 2.06 bits per heavy atom. The van der Waals surface area contributed by atoms with Crippen LogP contribution in [-0.2, 0) is 0 Å². The number of nitrogens with zero attached hydrogens (tertiary/aromatic N) is 2. The highest BCUT2D eigenvalue weighted by molar-refractivity contribution is 6.01. The average molecular weight is 218 g/mol. The molecule has 0 bridgehead atoms. The number of benzene rings is 1. The molecule has 0 atom stereocenters. The summed E-state index contributed by atoms with van der Waals surface area (Å²) in [6, 6.07) is 5.30. The SMILES string of the molecule is C/C(=N\O)c1cc(C(C)C)cc(C#N)c1O. The van der Waals surface area contributed by atoms with Gasteiger partial charge in [0.25, 0.3) is 0 Å². The zero-order chi connectivity index (χ0) is 12.3. The van der Waals surface area contributed by atoms with Crippen molar-refractivity contribution in [2.45, 2.75) is 26.7 Å². The molecule has 84 valence electrons. The van der Waals surface area contributed by atoms with Crippen LogP contribution >= 0.6 is 0 Å². The average Bonchev–Trinajstić information content (AvgIpc) is 2.28. The van der Waals surface area contributed by atoms with Crippen LogP contribution in [0.1, 0.15) is 43.4 Å². The van der Waals surface area contributed by atoms with E-state index in [2.05, 4.69) is 5.16 Å². The topological polar surface area (TPSA) is 76.6 Å². The van der Waals surface area contributed by atoms with Crippen LogP contribution in [0.5, 0.6) is 5.75 Å². The molecule has 0 aromatic heterocycles. The highest BCUT2D eigenvalue weighted by Gasteiger charge is 2.13. The third kappa shape index (κ3) is 2.14. The summed E-state index contributed by atoms with van der Waals surface area (Å²) >= 11 is 0. The number of hydrogen-bond donors (Lipinski definition) is 2. The lowest BCUT2D eigenvalue weighted by Crippen LogP contribution is -2.00. The molecule has 0 aliphatic rings. The number of aromatic hydroxyl groups is 1. The molecule has 0 saturated carbocycles. The van der Waals surface area contributed by atoms with Crippen molar-refractivity contribution < 1.29 is 10.3 Å². The van der Waals surface area contributed by atoms with E-state index in [4.69, 9.17) is 10.5 Å². The van der Waals surface area contributed by atoms with Crippen LogP contribution in [0.25, 0.3) is 0 Å². The summed E-state index contributed by atoms with van der Waals surface area (Å²) < 4.78 is 0. The molecule has 0 aliphatic heterocycles. The van der Waals surface area contributed by atoms with Crippen LogP contribution in [0.3, 0.4) is 0 Å². The van der Waals surface area contributed by atoms with Crippen molar-refractivity contribution in [1.82, 2.24) is 0 Å². The lowest BCUT2D eigenvalue weighted by Gasteiger charge is -2.11. The van der Waals surface area contributed by atoms with Crippen molar-refractivity contribution in [3.63, 3.8) is 0 Å². The van der Waals surface area contributed by atoms with Gasteiger partial charge in [-0.05, 0) is 30.5 Å². The lowest BCUT2D eigenvalue weighted by atomic mass is 9.95. The minimum absolute atomic E-state index is 0.137. The number of phenols is 1. The first-order valence-corrected chi connectivity index (χ1v) is 4.97. The predicted octanol–water partition coefficient (Wildman–Crippen LogP) is 2.59. The summed E-state index contributed by atoms with van der Waals surface area (Å²) in [6.07, 6.45) is 0. The molecule has 0 unspecified atom stereocenters. The third-order valence-electron chi connectivity index (χ3n) is 2.46. The van der Waals surface area contributed by atoms with Crippen LogP contribution in [0.2, 0.25) is 0 Å². The Morgan fingerprint density at radius 1 is 1.44 bits per heavy atom. The van der Waals surface area contributed by atoms with Crippen LogP contribution in [0.15, 0.2) is 17.3 Å². The van der Waals surface area contributed by atoms with Gasteiger partial charge in [-0.15, -0.1) is 0 Å². The maximum absolute atomic E-state index is 9.78. The second-order valence-electron chi connectivity index (χ2n) is 3.92. The van der Waals surface area contributed by atoms with E-state index < -0.39 is 0 Å². The van der Waals surface area contributed by atoms with Gasteiger partial charge >= 0.3 is 0 Å². The van der Waals surface area contributed by atoms with Crippen LogP contribution < -0.4 is 0 Å². The Bertz CT molecular complexity index is 471. The van der Waals surface area contributed by atoms with E-state index in [-0.39, 0.29) is 22.9 Å². The Morgan fingerprint density at radius 3 is 2.50 bits per heavy atom. The number of rotatable bonds is 2. The van der Waals surface area contributed by atoms with E-state index in [1.165, 1.54) is 0 Å². The van der Waals surface area contributed by atoms with Crippen molar-refractivity contribution in [2.75, 3.05) is 0 Å². The smallest absolute Gasteiger partial charge is 0.142 e. The number of hydrogen-bond acceptors (Lipinski definition) is 4. The summed E-state index contributed by atoms with van der Waals surface area (Å²) in [6.45, 7) is 5.55. The molecule has 1 aromatic carbocycles. The molecule has 0 radical (unpaired) electrons. The molecule has 4 nitrogen and oxygen atoms in total. The Labute approximate surface area is 94.5 Å². The van der Waals surface area contributed by atoms with Gasteiger partial charge in [-0.3, -0.25) is 0 Å². The highest BCUT2D eigenvalue weighted by Crippen LogP contribution is 2.28. The molecular weight excluding hydrogens is 204 g/mol. The largest absolute Gasteiger partial charge is 0.506 e. The standard InChI is InChI=1S/C12H14N2O2/c1-7(2)9-4-10(6-13)12(15)11(5-9)8(3)14-16/h4-5,7,15-16H,1-3H3/b14-8+. The van der Waals surface area contributed by atoms with Gasteiger partial charge in [-0.2, -0.15) is 5.26 Å². The first-order valence-electron chi connectivity index (χ1n) is 4.97. The maximum Gasteiger partial charge on any atom is 0.142 e. The van der Waals surface area contributed by atoms with E-state index in [0.717, 1.165) is 5.56 Å². The van der Waals surface area contributed by atoms with Crippen LogP contribution in [-0.4, -0.2) is 16.0 Å². The summed E-state index contributed by atoms with van der Waals surface area (Å²) in [5.41, 5.74) is 1.80. The molecule has 0 aliphatic carbocycles. The Hall–Kier alpha value is -2.02. The van der Waals surface area contributed by atoms with Crippen molar-refractivity contribution in [1.29, 1.82) is 5.26 Å². The molecule has 0 amide bonds. The fourth-order valence-electron chi connectivity index (χ4n) is 1.41. The van der Waals surface area contributed by atoms with Crippen molar-refractivity contribution in [3.8, 4) is 11.8 Å². The molecule has 0 fully saturated rings. The summed E-state index contributed by atoms with van der Waals surface area (Å²) in [5, 5.41) is 30.4. The maximum atomic E-state index is 9.78. The lowest BCUT2D eigenvalue weighted by molar-refractivity contribution is 0.318. The van der Waals surface area contributed by atoms with E-state index in [9.17, 15) is 5.11 Å². The zero-order valence-corrected chi connectivity index (χ0v) is 9.52. The molecule has 1 aromatic rings. The summed E-state index contributed by atoms with van der Waals surface area (Å²) in [7, 11) is 0. The monoisotopic (exact) mass is 218 g/mol. The van der Waals surface area contributed by atoms with Gasteiger partial charge in [0.05, 0.1) is 11.3 Å². The van der Waals surface area contributed by atoms with Crippen LogP contribution in [0.4, 0.5) is 0 Å². The van der Waals surface area contributed by atoms with E-state index in [0.29, 0.717) is 5.56 Å². The molecule has 0 spiro atoms. The molecule has 0 saturated heterocycles. The number of nitriles is 1. The highest BCUT2D eigenvalue weighted by atomic mass is 16.4. The van der Waals surface area contributed by atoms with Gasteiger partial charge in [0, 0.05) is 5.56 Å². The van der Waals surface area contributed by atoms with Crippen molar-refractivity contribution in [2.24, 2.45) is 5.16 Å². The quantitative estimate of drug-likeness (QED) is 0.455. The normalized spacial score (nSPS) is 11.6. The second kappa shape index (κ2) is 4.67. The van der Waals surface area contributed by atoms with Gasteiger partial charge in [0.1, 0.15) is 11.8 Å². The van der Waals surface area contributed by atoms with E-state index >= 15 is 0 Å². The Kier molecular flexibility index (Phi) is 3.51. The van der Waals surface area contributed by atoms with Crippen LogP contribution in [0, 0.1) is 11.3 Å². The van der Waals surface area contributed by atoms with Gasteiger partial charge < -0.3 is 10.3 Å². The molecule has 16 heavy (non-hydrogen) atoms. The van der Waals surface area contributed by atoms with E-state index in [1.807, 2.05) is 19.9 Å². The molecule has 1 rings (SSSR count). The van der Waals surface area contributed by atoms with Crippen molar-refractivity contribution >= 4 is 5.71 Å². The minimum atomic E-state index is -0.137. The molecule has 4 heteroatoms. The number of oxime groups is 1. The van der Waals surface area contributed by atoms with Gasteiger partial charge in [0.2, 0.25) is 0 Å². The molecule has 0 heterocycles. The van der Waals surface area contributed by atoms with Crippen molar-refractivity contribution in [3.05, 3.63) is 28.8 Å². The zero-order valence-electron chi connectivity index (χ0n) is 9.52.